The molecule has 1 amide bonds. The molecule has 0 bridgehead atoms. The molecule has 1 fully saturated rings. The van der Waals surface area contributed by atoms with Gasteiger partial charge in [-0.3, -0.25) is 4.79 Å². The van der Waals surface area contributed by atoms with Gasteiger partial charge in [-0.1, -0.05) is 31.4 Å². The monoisotopic (exact) mass is 273 g/mol. The Morgan fingerprint density at radius 2 is 2.15 bits per heavy atom. The lowest BCUT2D eigenvalue weighted by Crippen LogP contribution is -2.31. The first kappa shape index (κ1) is 14.4. The molecular weight excluding hydrogens is 254 g/mol. The van der Waals surface area contributed by atoms with Gasteiger partial charge in [0.2, 0.25) is 5.91 Å². The fourth-order valence-electron chi connectivity index (χ4n) is 3.12. The van der Waals surface area contributed by atoms with Crippen molar-refractivity contribution in [3.8, 4) is 5.75 Å². The molecule has 0 spiro atoms. The van der Waals surface area contributed by atoms with Crippen LogP contribution in [0.2, 0.25) is 0 Å². The van der Waals surface area contributed by atoms with Gasteiger partial charge >= 0.3 is 0 Å². The topological polar surface area (TPSA) is 75.1 Å². The highest BCUT2D eigenvalue weighted by Crippen LogP contribution is 2.43. The zero-order chi connectivity index (χ0) is 14.4. The van der Waals surface area contributed by atoms with Gasteiger partial charge < -0.3 is 4.74 Å². The fourth-order valence-corrected chi connectivity index (χ4v) is 3.12. The molecule has 20 heavy (non-hydrogen) atoms. The van der Waals surface area contributed by atoms with Gasteiger partial charge in [0.25, 0.3) is 0 Å². The first-order chi connectivity index (χ1) is 9.70. The molecule has 0 N–H and O–H groups in total. The summed E-state index contributed by atoms with van der Waals surface area (Å²) in [6.45, 7) is 0. The lowest BCUT2D eigenvalue weighted by Gasteiger charge is -2.37. The van der Waals surface area contributed by atoms with Crippen molar-refractivity contribution in [3.05, 3.63) is 40.3 Å². The highest BCUT2D eigenvalue weighted by atomic mass is 16.5. The molecule has 106 valence electrons. The summed E-state index contributed by atoms with van der Waals surface area (Å²) < 4.78 is 5.28. The third-order valence-electron chi connectivity index (χ3n) is 4.14. The lowest BCUT2D eigenvalue weighted by molar-refractivity contribution is -0.119. The van der Waals surface area contributed by atoms with Crippen molar-refractivity contribution in [3.63, 3.8) is 0 Å². The van der Waals surface area contributed by atoms with E-state index in [1.165, 1.54) is 6.42 Å². The Morgan fingerprint density at radius 1 is 1.40 bits per heavy atom. The number of hydrogen-bond donors (Lipinski definition) is 0. The molecule has 1 aliphatic carbocycles. The number of benzene rings is 1. The molecule has 0 unspecified atom stereocenters. The van der Waals surface area contributed by atoms with Crippen LogP contribution in [0.1, 0.15) is 44.1 Å². The summed E-state index contributed by atoms with van der Waals surface area (Å²) in [5.74, 6) is 0.418. The molecule has 0 heterocycles. The average molecular weight is 273 g/mol. The molecule has 0 aromatic heterocycles. The van der Waals surface area contributed by atoms with Crippen molar-refractivity contribution in [2.24, 2.45) is 5.11 Å². The van der Waals surface area contributed by atoms with E-state index < -0.39 is 0 Å². The number of carbonyl (C=O) groups excluding carboxylic acids is 1. The summed E-state index contributed by atoms with van der Waals surface area (Å²) in [7, 11) is 1.64. The van der Waals surface area contributed by atoms with E-state index in [1.54, 1.807) is 7.11 Å². The standard InChI is InChI=1S/C15H19N3O2/c1-20-13-7-5-6-12(10-13)15(8-3-2-4-9-15)11-14(19)17-18-16/h5-7,10H,2-4,8-9,11H2,1H3. The number of rotatable bonds is 4. The van der Waals surface area contributed by atoms with Crippen molar-refractivity contribution in [2.75, 3.05) is 7.11 Å². The van der Waals surface area contributed by atoms with Gasteiger partial charge in [-0.15, -0.1) is 0 Å². The third-order valence-corrected chi connectivity index (χ3v) is 4.14. The Morgan fingerprint density at radius 3 is 2.80 bits per heavy atom. The Bertz CT molecular complexity index is 530. The number of carbonyl (C=O) groups is 1. The second kappa shape index (κ2) is 6.44. The number of nitrogens with zero attached hydrogens (tertiary/aromatic N) is 3. The van der Waals surface area contributed by atoms with E-state index in [1.807, 2.05) is 24.3 Å². The zero-order valence-corrected chi connectivity index (χ0v) is 11.7. The summed E-state index contributed by atoms with van der Waals surface area (Å²) in [5, 5.41) is 3.24. The Balaban J connectivity index is 2.34. The quantitative estimate of drug-likeness (QED) is 0.470. The van der Waals surface area contributed by atoms with Gasteiger partial charge in [0.15, 0.2) is 0 Å². The molecule has 0 saturated heterocycles. The maximum atomic E-state index is 11.8. The Hall–Kier alpha value is -2.00. The fraction of sp³-hybridized carbons (Fsp3) is 0.533. The van der Waals surface area contributed by atoms with Gasteiger partial charge in [0.1, 0.15) is 5.75 Å². The van der Waals surface area contributed by atoms with Gasteiger partial charge in [0.05, 0.1) is 7.11 Å². The van der Waals surface area contributed by atoms with Crippen LogP contribution >= 0.6 is 0 Å². The van der Waals surface area contributed by atoms with Crippen molar-refractivity contribution >= 4 is 5.91 Å². The van der Waals surface area contributed by atoms with Crippen LogP contribution in [0.15, 0.2) is 29.4 Å². The Kier molecular flexibility index (Phi) is 4.64. The molecule has 5 nitrogen and oxygen atoms in total. The lowest BCUT2D eigenvalue weighted by atomic mass is 9.67. The second-order valence-corrected chi connectivity index (χ2v) is 5.33. The van der Waals surface area contributed by atoms with E-state index in [4.69, 9.17) is 10.3 Å². The highest BCUT2D eigenvalue weighted by Gasteiger charge is 2.35. The maximum Gasteiger partial charge on any atom is 0.219 e. The average Bonchev–Trinajstić information content (AvgIpc) is 2.48. The van der Waals surface area contributed by atoms with E-state index in [0.717, 1.165) is 37.0 Å². The van der Waals surface area contributed by atoms with E-state index in [9.17, 15) is 4.79 Å². The van der Waals surface area contributed by atoms with Gasteiger partial charge in [-0.05, 0) is 41.2 Å². The van der Waals surface area contributed by atoms with E-state index in [2.05, 4.69) is 10.0 Å². The molecule has 0 radical (unpaired) electrons. The first-order valence-electron chi connectivity index (χ1n) is 6.93. The van der Waals surface area contributed by atoms with Gasteiger partial charge in [-0.2, -0.15) is 0 Å². The van der Waals surface area contributed by atoms with E-state index >= 15 is 0 Å². The molecular formula is C15H19N3O2. The molecule has 5 heteroatoms. The van der Waals surface area contributed by atoms with Crippen molar-refractivity contribution in [2.45, 2.75) is 43.9 Å². The normalized spacial score (nSPS) is 17.1. The second-order valence-electron chi connectivity index (χ2n) is 5.33. The van der Waals surface area contributed by atoms with Crippen LogP contribution in [0.25, 0.3) is 10.4 Å². The molecule has 0 aliphatic heterocycles. The van der Waals surface area contributed by atoms with Crippen LogP contribution < -0.4 is 4.74 Å². The van der Waals surface area contributed by atoms with Gasteiger partial charge in [-0.25, -0.2) is 0 Å². The molecule has 1 aliphatic rings. The van der Waals surface area contributed by atoms with Gasteiger partial charge in [0, 0.05) is 16.7 Å². The summed E-state index contributed by atoms with van der Waals surface area (Å²) >= 11 is 0. The minimum absolute atomic E-state index is 0.210. The predicted octanol–water partition coefficient (Wildman–Crippen LogP) is 4.12. The highest BCUT2D eigenvalue weighted by molar-refractivity contribution is 5.78. The SMILES string of the molecule is COc1cccc(C2(CC(=O)N=[N+]=[N-])CCCCC2)c1. The summed E-state index contributed by atoms with van der Waals surface area (Å²) in [4.78, 5) is 14.4. The number of methoxy groups -OCH3 is 1. The van der Waals surface area contributed by atoms with Crippen LogP contribution in [0.5, 0.6) is 5.75 Å². The first-order valence-corrected chi connectivity index (χ1v) is 6.93. The minimum atomic E-state index is -0.378. The predicted molar refractivity (Wildman–Crippen MR) is 76.5 cm³/mol. The van der Waals surface area contributed by atoms with Crippen LogP contribution in [0.4, 0.5) is 0 Å². The zero-order valence-electron chi connectivity index (χ0n) is 11.7. The summed E-state index contributed by atoms with van der Waals surface area (Å²) in [6.07, 6.45) is 5.58. The van der Waals surface area contributed by atoms with E-state index in [0.29, 0.717) is 0 Å². The molecule has 1 saturated carbocycles. The molecule has 2 rings (SSSR count). The minimum Gasteiger partial charge on any atom is -0.497 e. The van der Waals surface area contributed by atoms with Crippen LogP contribution in [-0.4, -0.2) is 13.0 Å². The summed E-state index contributed by atoms with van der Waals surface area (Å²) in [5.41, 5.74) is 9.32. The third kappa shape index (κ3) is 3.11. The van der Waals surface area contributed by atoms with Crippen molar-refractivity contribution < 1.29 is 9.53 Å². The van der Waals surface area contributed by atoms with Crippen LogP contribution in [0, 0.1) is 0 Å². The van der Waals surface area contributed by atoms with Crippen molar-refractivity contribution in [1.82, 2.24) is 0 Å². The van der Waals surface area contributed by atoms with Crippen LogP contribution in [-0.2, 0) is 10.2 Å². The number of ether oxygens (including phenoxy) is 1. The van der Waals surface area contributed by atoms with Crippen molar-refractivity contribution in [1.29, 1.82) is 0 Å². The van der Waals surface area contributed by atoms with E-state index in [-0.39, 0.29) is 17.7 Å². The number of hydrogen-bond acceptors (Lipinski definition) is 2. The molecule has 0 atom stereocenters. The Labute approximate surface area is 118 Å². The number of azide groups is 1. The maximum absolute atomic E-state index is 11.8. The molecule has 1 aromatic rings. The molecule has 1 aromatic carbocycles. The summed E-state index contributed by atoms with van der Waals surface area (Å²) in [6, 6.07) is 7.88. The van der Waals surface area contributed by atoms with Crippen LogP contribution in [0.3, 0.4) is 0 Å². The number of amides is 1. The largest absolute Gasteiger partial charge is 0.497 e. The smallest absolute Gasteiger partial charge is 0.219 e.